The number of aromatic nitrogens is 2. The lowest BCUT2D eigenvalue weighted by molar-refractivity contribution is -0.137. The fourth-order valence-corrected chi connectivity index (χ4v) is 0.952. The van der Waals surface area contributed by atoms with Gasteiger partial charge in [-0.3, -0.25) is 4.68 Å². The van der Waals surface area contributed by atoms with Crippen LogP contribution in [0.4, 0.5) is 0 Å². The van der Waals surface area contributed by atoms with Crippen LogP contribution in [0, 0.1) is 0 Å². The smallest absolute Gasteiger partial charge is 0.330 e. The molecule has 0 N–H and O–H groups in total. The zero-order valence-corrected chi connectivity index (χ0v) is 8.43. The Morgan fingerprint density at radius 1 is 1.71 bits per heavy atom. The van der Waals surface area contributed by atoms with Crippen LogP contribution >= 0.6 is 0 Å². The van der Waals surface area contributed by atoms with Crippen molar-refractivity contribution in [1.29, 1.82) is 0 Å². The van der Waals surface area contributed by atoms with Crippen LogP contribution in [0.5, 0.6) is 0 Å². The van der Waals surface area contributed by atoms with Gasteiger partial charge >= 0.3 is 5.97 Å². The summed E-state index contributed by atoms with van der Waals surface area (Å²) in [5, 5.41) is 3.97. The van der Waals surface area contributed by atoms with Gasteiger partial charge in [0.1, 0.15) is 0 Å². The van der Waals surface area contributed by atoms with E-state index in [1.165, 1.54) is 6.08 Å². The number of carbonyl (C=O) groups is 1. The van der Waals surface area contributed by atoms with Gasteiger partial charge in [0, 0.05) is 19.3 Å². The number of aryl methyl sites for hydroxylation is 1. The van der Waals surface area contributed by atoms with Gasteiger partial charge in [0.2, 0.25) is 0 Å². The minimum absolute atomic E-state index is 0.312. The van der Waals surface area contributed by atoms with Crippen molar-refractivity contribution in [2.24, 2.45) is 7.05 Å². The van der Waals surface area contributed by atoms with E-state index in [-0.39, 0.29) is 5.97 Å². The van der Waals surface area contributed by atoms with Crippen LogP contribution < -0.4 is 0 Å². The Labute approximate surface area is 83.2 Å². The summed E-state index contributed by atoms with van der Waals surface area (Å²) in [6, 6.07) is 1.82. The molecule has 4 nitrogen and oxygen atoms in total. The molecule has 0 aromatic carbocycles. The summed E-state index contributed by atoms with van der Waals surface area (Å²) in [7, 11) is 1.82. The number of carbonyl (C=O) groups excluding carboxylic acids is 1. The largest absolute Gasteiger partial charge is 0.463 e. The van der Waals surface area contributed by atoms with Gasteiger partial charge in [-0.2, -0.15) is 5.10 Å². The molecule has 14 heavy (non-hydrogen) atoms. The second-order valence-electron chi connectivity index (χ2n) is 2.88. The molecule has 76 valence electrons. The van der Waals surface area contributed by atoms with Crippen LogP contribution in [0.15, 0.2) is 18.3 Å². The minimum atomic E-state index is -0.312. The van der Waals surface area contributed by atoms with Crippen molar-refractivity contribution in [2.75, 3.05) is 6.61 Å². The molecular weight excluding hydrogens is 180 g/mol. The van der Waals surface area contributed by atoms with Crippen molar-refractivity contribution in [2.45, 2.75) is 13.3 Å². The maximum Gasteiger partial charge on any atom is 0.330 e. The molecule has 1 rings (SSSR count). The number of nitrogens with zero attached hydrogens (tertiary/aromatic N) is 2. The van der Waals surface area contributed by atoms with Gasteiger partial charge in [-0.1, -0.05) is 6.92 Å². The maximum atomic E-state index is 11.1. The molecule has 0 radical (unpaired) electrons. The van der Waals surface area contributed by atoms with Crippen LogP contribution in [0.1, 0.15) is 19.0 Å². The Hall–Kier alpha value is -1.58. The molecule has 0 aliphatic carbocycles. The van der Waals surface area contributed by atoms with Crippen LogP contribution in [0.3, 0.4) is 0 Å². The molecule has 0 atom stereocenters. The van der Waals surface area contributed by atoms with E-state index in [1.54, 1.807) is 17.0 Å². The van der Waals surface area contributed by atoms with E-state index in [0.717, 1.165) is 12.1 Å². The standard InChI is InChI=1S/C10H14N2O2/c1-3-8-14-10(13)5-4-9-6-7-11-12(9)2/h4-7H,3,8H2,1-2H3. The third-order valence-electron chi connectivity index (χ3n) is 1.70. The van der Waals surface area contributed by atoms with Crippen molar-refractivity contribution >= 4 is 12.0 Å². The molecule has 0 saturated heterocycles. The summed E-state index contributed by atoms with van der Waals surface area (Å²) in [4.78, 5) is 11.1. The summed E-state index contributed by atoms with van der Waals surface area (Å²) in [5.41, 5.74) is 0.874. The molecule has 0 unspecified atom stereocenters. The fourth-order valence-electron chi connectivity index (χ4n) is 0.952. The van der Waals surface area contributed by atoms with Gasteiger partial charge in [-0.05, 0) is 18.6 Å². The van der Waals surface area contributed by atoms with Crippen LogP contribution in [0.2, 0.25) is 0 Å². The Morgan fingerprint density at radius 3 is 3.07 bits per heavy atom. The normalized spacial score (nSPS) is 10.7. The Balaban J connectivity index is 2.48. The average molecular weight is 194 g/mol. The van der Waals surface area contributed by atoms with Crippen molar-refractivity contribution in [1.82, 2.24) is 9.78 Å². The second-order valence-corrected chi connectivity index (χ2v) is 2.88. The summed E-state index contributed by atoms with van der Waals surface area (Å²) in [6.45, 7) is 2.42. The third kappa shape index (κ3) is 3.05. The molecule has 0 bridgehead atoms. The van der Waals surface area contributed by atoms with Gasteiger partial charge in [-0.15, -0.1) is 0 Å². The Kier molecular flexibility index (Phi) is 3.91. The lowest BCUT2D eigenvalue weighted by atomic mass is 10.4. The molecule has 1 aromatic rings. The van der Waals surface area contributed by atoms with E-state index in [4.69, 9.17) is 4.74 Å². The summed E-state index contributed by atoms with van der Waals surface area (Å²) < 4.78 is 6.56. The molecule has 4 heteroatoms. The van der Waals surface area contributed by atoms with Crippen molar-refractivity contribution < 1.29 is 9.53 Å². The zero-order valence-electron chi connectivity index (χ0n) is 8.43. The molecule has 0 aliphatic rings. The predicted molar refractivity (Wildman–Crippen MR) is 53.5 cm³/mol. The van der Waals surface area contributed by atoms with Crippen LogP contribution in [0.25, 0.3) is 6.08 Å². The molecule has 0 amide bonds. The van der Waals surface area contributed by atoms with Gasteiger partial charge in [0.25, 0.3) is 0 Å². The topological polar surface area (TPSA) is 44.1 Å². The molecule has 0 aliphatic heterocycles. The fraction of sp³-hybridized carbons (Fsp3) is 0.400. The van der Waals surface area contributed by atoms with E-state index >= 15 is 0 Å². The van der Waals surface area contributed by atoms with Gasteiger partial charge in [0.05, 0.1) is 12.3 Å². The first kappa shape index (κ1) is 10.5. The highest BCUT2D eigenvalue weighted by atomic mass is 16.5. The monoisotopic (exact) mass is 194 g/mol. The van der Waals surface area contributed by atoms with Crippen molar-refractivity contribution in [3.8, 4) is 0 Å². The number of hydrogen-bond donors (Lipinski definition) is 0. The highest BCUT2D eigenvalue weighted by Gasteiger charge is 1.96. The zero-order chi connectivity index (χ0) is 10.4. The summed E-state index contributed by atoms with van der Waals surface area (Å²) >= 11 is 0. The number of ether oxygens (including phenoxy) is 1. The van der Waals surface area contributed by atoms with Gasteiger partial charge < -0.3 is 4.74 Å². The van der Waals surface area contributed by atoms with Crippen LogP contribution in [-0.4, -0.2) is 22.4 Å². The predicted octanol–water partition coefficient (Wildman–Crippen LogP) is 1.39. The van der Waals surface area contributed by atoms with E-state index in [9.17, 15) is 4.79 Å². The minimum Gasteiger partial charge on any atom is -0.463 e. The highest BCUT2D eigenvalue weighted by Crippen LogP contribution is 1.99. The lowest BCUT2D eigenvalue weighted by Gasteiger charge is -1.97. The molecule has 1 aromatic heterocycles. The van der Waals surface area contributed by atoms with Gasteiger partial charge in [-0.25, -0.2) is 4.79 Å². The van der Waals surface area contributed by atoms with Crippen molar-refractivity contribution in [3.05, 3.63) is 24.0 Å². The lowest BCUT2D eigenvalue weighted by Crippen LogP contribution is -2.01. The van der Waals surface area contributed by atoms with Crippen molar-refractivity contribution in [3.63, 3.8) is 0 Å². The van der Waals surface area contributed by atoms with E-state index in [1.807, 2.05) is 20.0 Å². The Morgan fingerprint density at radius 2 is 2.50 bits per heavy atom. The molecular formula is C10H14N2O2. The first-order valence-corrected chi connectivity index (χ1v) is 4.57. The quantitative estimate of drug-likeness (QED) is 0.537. The third-order valence-corrected chi connectivity index (χ3v) is 1.70. The number of esters is 1. The molecule has 1 heterocycles. The second kappa shape index (κ2) is 5.21. The average Bonchev–Trinajstić information content (AvgIpc) is 2.58. The Bertz CT molecular complexity index is 329. The van der Waals surface area contributed by atoms with E-state index in [2.05, 4.69) is 5.10 Å². The molecule has 0 saturated carbocycles. The van der Waals surface area contributed by atoms with Crippen LogP contribution in [-0.2, 0) is 16.6 Å². The first-order chi connectivity index (χ1) is 6.74. The maximum absolute atomic E-state index is 11.1. The first-order valence-electron chi connectivity index (χ1n) is 4.57. The molecule has 0 spiro atoms. The van der Waals surface area contributed by atoms with E-state index in [0.29, 0.717) is 6.61 Å². The SMILES string of the molecule is CCCOC(=O)C=Cc1ccnn1C. The van der Waals surface area contributed by atoms with Gasteiger partial charge in [0.15, 0.2) is 0 Å². The highest BCUT2D eigenvalue weighted by molar-refractivity contribution is 5.86. The summed E-state index contributed by atoms with van der Waals surface area (Å²) in [6.07, 6.45) is 5.61. The van der Waals surface area contributed by atoms with E-state index < -0.39 is 0 Å². The summed E-state index contributed by atoms with van der Waals surface area (Å²) in [5.74, 6) is -0.312. The molecule has 0 fully saturated rings. The number of rotatable bonds is 4. The number of hydrogen-bond acceptors (Lipinski definition) is 3.